The molecule has 1 saturated carbocycles. The third-order valence-electron chi connectivity index (χ3n) is 4.45. The number of allylic oxidation sites excluding steroid dienone is 2. The van der Waals surface area contributed by atoms with E-state index >= 15 is 0 Å². The van der Waals surface area contributed by atoms with E-state index in [9.17, 15) is 9.90 Å². The molecule has 20 heavy (non-hydrogen) atoms. The summed E-state index contributed by atoms with van der Waals surface area (Å²) in [7, 11) is 0. The zero-order valence-corrected chi connectivity index (χ0v) is 12.1. The van der Waals surface area contributed by atoms with Gasteiger partial charge in [0, 0.05) is 23.0 Å². The molecular formula is C16H18ClNO2. The van der Waals surface area contributed by atoms with Gasteiger partial charge < -0.3 is 10.4 Å². The summed E-state index contributed by atoms with van der Waals surface area (Å²) in [6.45, 7) is 2.09. The van der Waals surface area contributed by atoms with E-state index in [-0.39, 0.29) is 11.9 Å². The summed E-state index contributed by atoms with van der Waals surface area (Å²) in [5.41, 5.74) is 0.636. The molecule has 1 unspecified atom stereocenters. The molecule has 0 radical (unpaired) electrons. The predicted molar refractivity (Wildman–Crippen MR) is 78.8 cm³/mol. The normalized spacial score (nSPS) is 28.5. The van der Waals surface area contributed by atoms with E-state index in [1.807, 2.05) is 6.08 Å². The molecule has 0 spiro atoms. The zero-order valence-electron chi connectivity index (χ0n) is 11.3. The molecule has 3 nitrogen and oxygen atoms in total. The maximum absolute atomic E-state index is 12.2. The first kappa shape index (κ1) is 13.5. The van der Waals surface area contributed by atoms with Gasteiger partial charge in [-0.3, -0.25) is 4.79 Å². The van der Waals surface area contributed by atoms with Crippen LogP contribution < -0.4 is 5.32 Å². The molecular weight excluding hydrogens is 274 g/mol. The molecule has 1 aromatic carbocycles. The Labute approximate surface area is 123 Å². The molecule has 106 valence electrons. The number of nitrogens with one attached hydrogen (secondary N) is 1. The van der Waals surface area contributed by atoms with Gasteiger partial charge in [0.05, 0.1) is 5.76 Å². The second-order valence-corrected chi connectivity index (χ2v) is 6.11. The Morgan fingerprint density at radius 1 is 1.45 bits per heavy atom. The second-order valence-electron chi connectivity index (χ2n) is 5.68. The summed E-state index contributed by atoms with van der Waals surface area (Å²) in [4.78, 5) is 12.2. The van der Waals surface area contributed by atoms with Crippen LogP contribution in [0.3, 0.4) is 0 Å². The lowest BCUT2D eigenvalue weighted by Gasteiger charge is -2.18. The van der Waals surface area contributed by atoms with Gasteiger partial charge >= 0.3 is 0 Å². The lowest BCUT2D eigenvalue weighted by atomic mass is 10.0. The fraction of sp³-hybridized carbons (Fsp3) is 0.438. The summed E-state index contributed by atoms with van der Waals surface area (Å²) < 4.78 is 0. The van der Waals surface area contributed by atoms with Crippen LogP contribution in [-0.2, 0) is 0 Å². The first-order chi connectivity index (χ1) is 9.60. The topological polar surface area (TPSA) is 49.3 Å². The van der Waals surface area contributed by atoms with Crippen LogP contribution in [0, 0.1) is 17.8 Å². The number of hydrogen-bond donors (Lipinski definition) is 2. The van der Waals surface area contributed by atoms with E-state index in [2.05, 4.69) is 12.2 Å². The number of carbonyl (C=O) groups excluding carboxylic acids is 1. The van der Waals surface area contributed by atoms with Crippen LogP contribution in [0.25, 0.3) is 0 Å². The van der Waals surface area contributed by atoms with Crippen molar-refractivity contribution in [3.05, 3.63) is 46.7 Å². The van der Waals surface area contributed by atoms with Crippen molar-refractivity contribution in [2.24, 2.45) is 17.8 Å². The van der Waals surface area contributed by atoms with Crippen molar-refractivity contribution in [1.82, 2.24) is 5.32 Å². The largest absolute Gasteiger partial charge is 0.513 e. The molecule has 1 fully saturated rings. The van der Waals surface area contributed by atoms with Crippen molar-refractivity contribution >= 4 is 17.5 Å². The van der Waals surface area contributed by atoms with Crippen molar-refractivity contribution < 1.29 is 9.90 Å². The Morgan fingerprint density at radius 3 is 2.70 bits per heavy atom. The number of amides is 1. The van der Waals surface area contributed by atoms with Gasteiger partial charge in [-0.05, 0) is 54.5 Å². The number of halogens is 1. The van der Waals surface area contributed by atoms with Crippen LogP contribution in [0.5, 0.6) is 0 Å². The minimum atomic E-state index is -0.0494. The highest BCUT2D eigenvalue weighted by Gasteiger charge is 2.55. The maximum Gasteiger partial charge on any atom is 0.251 e. The summed E-state index contributed by atoms with van der Waals surface area (Å²) in [6, 6.07) is 7.11. The summed E-state index contributed by atoms with van der Waals surface area (Å²) in [5.74, 6) is 1.91. The quantitative estimate of drug-likeness (QED) is 0.891. The predicted octanol–water partition coefficient (Wildman–Crippen LogP) is 3.56. The lowest BCUT2D eigenvalue weighted by Crippen LogP contribution is -2.37. The summed E-state index contributed by atoms with van der Waals surface area (Å²) >= 11 is 5.83. The third kappa shape index (κ3) is 2.42. The Bertz CT molecular complexity index is 552. The number of aliphatic hydroxyl groups excluding tert-OH is 1. The van der Waals surface area contributed by atoms with Gasteiger partial charge in [0.1, 0.15) is 0 Å². The number of hydrogen-bond acceptors (Lipinski definition) is 2. The Kier molecular flexibility index (Phi) is 3.47. The highest BCUT2D eigenvalue weighted by molar-refractivity contribution is 6.30. The van der Waals surface area contributed by atoms with E-state index in [4.69, 9.17) is 11.6 Å². The van der Waals surface area contributed by atoms with E-state index < -0.39 is 0 Å². The number of carbonyl (C=O) groups is 1. The third-order valence-corrected chi connectivity index (χ3v) is 4.70. The van der Waals surface area contributed by atoms with Crippen LogP contribution in [-0.4, -0.2) is 17.1 Å². The Balaban J connectivity index is 1.64. The number of fused-ring (bicyclic) bond motifs is 1. The summed E-state index contributed by atoms with van der Waals surface area (Å²) in [5, 5.41) is 13.2. The molecule has 0 aromatic heterocycles. The molecule has 2 N–H and O–H groups in total. The fourth-order valence-electron chi connectivity index (χ4n) is 3.36. The van der Waals surface area contributed by atoms with Crippen molar-refractivity contribution in [1.29, 1.82) is 0 Å². The molecule has 1 amide bonds. The maximum atomic E-state index is 12.2. The minimum absolute atomic E-state index is 0.0494. The molecule has 3 rings (SSSR count). The van der Waals surface area contributed by atoms with Gasteiger partial charge in [-0.25, -0.2) is 0 Å². The molecule has 0 bridgehead atoms. The standard InChI is InChI=1S/C16H18ClNO2/c1-2-14(15-12-7-11(19)8-13(12)15)18-16(20)9-3-5-10(17)6-4-9/h3-7,12-15,19H,2,8H2,1H3,(H,18,20)/t12-,13+,14?,15+/m0/s1. The SMILES string of the molecule is CCC(NC(=O)c1ccc(Cl)cc1)[C@@H]1[C@H]2C=C(O)C[C@H]21. The molecule has 4 heteroatoms. The van der Waals surface area contributed by atoms with E-state index in [0.717, 1.165) is 12.8 Å². The van der Waals surface area contributed by atoms with Crippen molar-refractivity contribution in [2.75, 3.05) is 0 Å². The minimum Gasteiger partial charge on any atom is -0.513 e. The molecule has 4 atom stereocenters. The molecule has 0 aliphatic heterocycles. The van der Waals surface area contributed by atoms with Gasteiger partial charge in [-0.1, -0.05) is 18.5 Å². The van der Waals surface area contributed by atoms with Crippen molar-refractivity contribution in [2.45, 2.75) is 25.8 Å². The first-order valence-corrected chi connectivity index (χ1v) is 7.44. The fourth-order valence-corrected chi connectivity index (χ4v) is 3.48. The highest BCUT2D eigenvalue weighted by Crippen LogP contribution is 2.57. The molecule has 2 aliphatic carbocycles. The Hall–Kier alpha value is -1.48. The smallest absolute Gasteiger partial charge is 0.251 e. The molecule has 0 heterocycles. The van der Waals surface area contributed by atoms with E-state index in [0.29, 0.717) is 34.1 Å². The number of benzene rings is 1. The Morgan fingerprint density at radius 2 is 2.15 bits per heavy atom. The summed E-state index contributed by atoms with van der Waals surface area (Å²) in [6.07, 6.45) is 3.63. The zero-order chi connectivity index (χ0) is 14.3. The first-order valence-electron chi connectivity index (χ1n) is 7.06. The molecule has 0 saturated heterocycles. The monoisotopic (exact) mass is 291 g/mol. The van der Waals surface area contributed by atoms with Crippen LogP contribution in [0.15, 0.2) is 36.1 Å². The average molecular weight is 292 g/mol. The lowest BCUT2D eigenvalue weighted by molar-refractivity contribution is 0.0928. The van der Waals surface area contributed by atoms with Crippen LogP contribution >= 0.6 is 11.6 Å². The van der Waals surface area contributed by atoms with E-state index in [1.165, 1.54) is 0 Å². The van der Waals surface area contributed by atoms with Gasteiger partial charge in [0.25, 0.3) is 5.91 Å². The van der Waals surface area contributed by atoms with Crippen molar-refractivity contribution in [3.63, 3.8) is 0 Å². The van der Waals surface area contributed by atoms with Crippen LogP contribution in [0.2, 0.25) is 5.02 Å². The van der Waals surface area contributed by atoms with Gasteiger partial charge in [-0.2, -0.15) is 0 Å². The van der Waals surface area contributed by atoms with Gasteiger partial charge in [0.2, 0.25) is 0 Å². The molecule has 2 aliphatic rings. The van der Waals surface area contributed by atoms with Crippen molar-refractivity contribution in [3.8, 4) is 0 Å². The van der Waals surface area contributed by atoms with Gasteiger partial charge in [0.15, 0.2) is 0 Å². The molecule has 1 aromatic rings. The van der Waals surface area contributed by atoms with Crippen LogP contribution in [0.1, 0.15) is 30.1 Å². The van der Waals surface area contributed by atoms with E-state index in [1.54, 1.807) is 24.3 Å². The number of rotatable bonds is 4. The highest BCUT2D eigenvalue weighted by atomic mass is 35.5. The van der Waals surface area contributed by atoms with Crippen LogP contribution in [0.4, 0.5) is 0 Å². The van der Waals surface area contributed by atoms with Gasteiger partial charge in [-0.15, -0.1) is 0 Å². The number of aliphatic hydroxyl groups is 1. The average Bonchev–Trinajstić information content (AvgIpc) is 2.92. The second kappa shape index (κ2) is 5.13.